The van der Waals surface area contributed by atoms with Gasteiger partial charge in [0, 0.05) is 0 Å². The monoisotopic (exact) mass is 255 g/mol. The molecule has 1 N–H and O–H groups in total. The number of carbonyl (C=O) groups is 3. The topological polar surface area (TPSA) is 81.7 Å². The summed E-state index contributed by atoms with van der Waals surface area (Å²) in [6, 6.07) is 0. The van der Waals surface area contributed by atoms with E-state index in [1.807, 2.05) is 0 Å². The predicted octanol–water partition coefficient (Wildman–Crippen LogP) is -0.196. The van der Waals surface area contributed by atoms with E-state index < -0.39 is 28.7 Å². The summed E-state index contributed by atoms with van der Waals surface area (Å²) in [4.78, 5) is 36.4. The average Bonchev–Trinajstić information content (AvgIpc) is 2.37. The minimum atomic E-state index is -1.36. The highest BCUT2D eigenvalue weighted by molar-refractivity contribution is 6.19. The Bertz CT molecular complexity index is 359. The first-order valence-electron chi connectivity index (χ1n) is 6.00. The van der Waals surface area contributed by atoms with Gasteiger partial charge >= 0.3 is 11.9 Å². The molecule has 0 radical (unpaired) electrons. The van der Waals surface area contributed by atoms with Crippen LogP contribution in [0.4, 0.5) is 0 Å². The zero-order valence-corrected chi connectivity index (χ0v) is 10.6. The molecule has 2 unspecified atom stereocenters. The lowest BCUT2D eigenvalue weighted by Crippen LogP contribution is -2.70. The van der Waals surface area contributed by atoms with Gasteiger partial charge in [0.15, 0.2) is 11.3 Å². The molecule has 1 aliphatic heterocycles. The summed E-state index contributed by atoms with van der Waals surface area (Å²) < 4.78 is 9.48. The molecule has 1 saturated carbocycles. The number of piperidine rings is 1. The highest BCUT2D eigenvalue weighted by atomic mass is 16.5. The zero-order valence-electron chi connectivity index (χ0n) is 10.6. The third-order valence-electron chi connectivity index (χ3n) is 4.07. The molecule has 0 amide bonds. The minimum absolute atomic E-state index is 0.372. The first-order valence-corrected chi connectivity index (χ1v) is 6.00. The second-order valence-electron chi connectivity index (χ2n) is 4.83. The van der Waals surface area contributed by atoms with Crippen LogP contribution in [-0.2, 0) is 23.9 Å². The summed E-state index contributed by atoms with van der Waals surface area (Å²) in [5.41, 5.74) is -2.54. The average molecular weight is 255 g/mol. The fourth-order valence-electron chi connectivity index (χ4n) is 3.12. The van der Waals surface area contributed by atoms with Gasteiger partial charge < -0.3 is 9.47 Å². The van der Waals surface area contributed by atoms with Gasteiger partial charge in [-0.05, 0) is 32.2 Å². The molecule has 1 heterocycles. The lowest BCUT2D eigenvalue weighted by Gasteiger charge is -2.47. The molecule has 0 aromatic rings. The van der Waals surface area contributed by atoms with Gasteiger partial charge in [0.25, 0.3) is 0 Å². The van der Waals surface area contributed by atoms with Crippen molar-refractivity contribution in [3.8, 4) is 0 Å². The van der Waals surface area contributed by atoms with Gasteiger partial charge in [-0.1, -0.05) is 0 Å². The molecule has 2 atom stereocenters. The van der Waals surface area contributed by atoms with Crippen LogP contribution in [0.5, 0.6) is 0 Å². The summed E-state index contributed by atoms with van der Waals surface area (Å²) in [7, 11) is 2.51. The Hall–Kier alpha value is -1.43. The molecular weight excluding hydrogens is 238 g/mol. The van der Waals surface area contributed by atoms with Gasteiger partial charge in [0.05, 0.1) is 14.2 Å². The Morgan fingerprint density at radius 3 is 2.39 bits per heavy atom. The van der Waals surface area contributed by atoms with Crippen molar-refractivity contribution >= 4 is 17.7 Å². The number of hydrogen-bond acceptors (Lipinski definition) is 6. The van der Waals surface area contributed by atoms with E-state index in [9.17, 15) is 14.4 Å². The number of ketones is 1. The normalized spacial score (nSPS) is 34.9. The SMILES string of the molecule is COC(=O)C12CCCC(C(=O)OC)(NCC1)C2=O. The van der Waals surface area contributed by atoms with Crippen LogP contribution in [0.3, 0.4) is 0 Å². The third-order valence-corrected chi connectivity index (χ3v) is 4.07. The minimum Gasteiger partial charge on any atom is -0.468 e. The highest BCUT2D eigenvalue weighted by Gasteiger charge is 2.63. The lowest BCUT2D eigenvalue weighted by atomic mass is 9.61. The maximum absolute atomic E-state index is 12.6. The molecule has 0 aromatic heterocycles. The van der Waals surface area contributed by atoms with E-state index in [4.69, 9.17) is 9.47 Å². The summed E-state index contributed by atoms with van der Waals surface area (Å²) in [5, 5.41) is 2.94. The Labute approximate surface area is 105 Å². The molecule has 2 aliphatic rings. The number of Topliss-reactive ketones (excluding diaryl/α,β-unsaturated/α-hetero) is 1. The summed E-state index contributed by atoms with van der Waals surface area (Å²) >= 11 is 0. The van der Waals surface area contributed by atoms with Gasteiger partial charge in [-0.2, -0.15) is 0 Å². The summed E-state index contributed by atoms with van der Waals surface area (Å²) in [6.07, 6.45) is 1.80. The second kappa shape index (κ2) is 4.35. The maximum Gasteiger partial charge on any atom is 0.333 e. The van der Waals surface area contributed by atoms with Gasteiger partial charge in [-0.3, -0.25) is 14.9 Å². The van der Waals surface area contributed by atoms with Crippen LogP contribution in [0.2, 0.25) is 0 Å². The molecule has 6 heteroatoms. The van der Waals surface area contributed by atoms with Crippen molar-refractivity contribution in [2.24, 2.45) is 5.41 Å². The molecule has 100 valence electrons. The number of rotatable bonds is 2. The van der Waals surface area contributed by atoms with E-state index in [2.05, 4.69) is 5.32 Å². The molecule has 18 heavy (non-hydrogen) atoms. The Balaban J connectivity index is 2.44. The Morgan fingerprint density at radius 2 is 1.78 bits per heavy atom. The third kappa shape index (κ3) is 1.48. The van der Waals surface area contributed by atoms with Crippen molar-refractivity contribution in [1.29, 1.82) is 0 Å². The number of nitrogens with one attached hydrogen (secondary N) is 1. The molecular formula is C12H17NO5. The van der Waals surface area contributed by atoms with Crippen LogP contribution in [-0.4, -0.2) is 44.0 Å². The standard InChI is InChI=1S/C12H17NO5/c1-17-9(15)11-4-3-5-12(8(11)14,10(16)18-2)13-7-6-11/h13H,3-7H2,1-2H3. The number of esters is 2. The van der Waals surface area contributed by atoms with Crippen molar-refractivity contribution in [2.45, 2.75) is 31.2 Å². The summed E-state index contributed by atoms with van der Waals surface area (Å²) in [5.74, 6) is -1.55. The van der Waals surface area contributed by atoms with Gasteiger partial charge in [0.2, 0.25) is 0 Å². The van der Waals surface area contributed by atoms with E-state index in [1.165, 1.54) is 14.2 Å². The Morgan fingerprint density at radius 1 is 1.11 bits per heavy atom. The number of carbonyl (C=O) groups excluding carboxylic acids is 3. The van der Waals surface area contributed by atoms with Crippen LogP contribution in [0.25, 0.3) is 0 Å². The quantitative estimate of drug-likeness (QED) is 0.544. The number of methoxy groups -OCH3 is 2. The first-order chi connectivity index (χ1) is 8.53. The van der Waals surface area contributed by atoms with Crippen molar-refractivity contribution < 1.29 is 23.9 Å². The molecule has 6 nitrogen and oxygen atoms in total. The van der Waals surface area contributed by atoms with Crippen LogP contribution in [0.1, 0.15) is 25.7 Å². The van der Waals surface area contributed by atoms with Crippen molar-refractivity contribution in [1.82, 2.24) is 5.32 Å². The zero-order chi connectivity index (χ0) is 13.4. The van der Waals surface area contributed by atoms with Crippen LogP contribution in [0, 0.1) is 5.41 Å². The fourth-order valence-corrected chi connectivity index (χ4v) is 3.12. The number of fused-ring (bicyclic) bond motifs is 2. The number of hydrogen-bond donors (Lipinski definition) is 1. The van der Waals surface area contributed by atoms with E-state index in [0.717, 1.165) is 0 Å². The molecule has 2 bridgehead atoms. The molecule has 2 rings (SSSR count). The highest BCUT2D eigenvalue weighted by Crippen LogP contribution is 2.45. The van der Waals surface area contributed by atoms with E-state index in [0.29, 0.717) is 32.2 Å². The van der Waals surface area contributed by atoms with E-state index in [1.54, 1.807) is 0 Å². The van der Waals surface area contributed by atoms with Gasteiger partial charge in [-0.15, -0.1) is 0 Å². The van der Waals surface area contributed by atoms with Crippen molar-refractivity contribution in [3.05, 3.63) is 0 Å². The first kappa shape index (κ1) is 13.0. The molecule has 2 fully saturated rings. The van der Waals surface area contributed by atoms with Crippen LogP contribution in [0.15, 0.2) is 0 Å². The maximum atomic E-state index is 12.6. The van der Waals surface area contributed by atoms with E-state index >= 15 is 0 Å². The largest absolute Gasteiger partial charge is 0.468 e. The molecule has 1 aliphatic carbocycles. The van der Waals surface area contributed by atoms with Gasteiger partial charge in [0.1, 0.15) is 5.41 Å². The van der Waals surface area contributed by atoms with Gasteiger partial charge in [-0.25, -0.2) is 4.79 Å². The lowest BCUT2D eigenvalue weighted by molar-refractivity contribution is -0.173. The Kier molecular flexibility index (Phi) is 3.14. The molecule has 0 aromatic carbocycles. The molecule has 1 saturated heterocycles. The molecule has 0 spiro atoms. The fraction of sp³-hybridized carbons (Fsp3) is 0.750. The predicted molar refractivity (Wildman–Crippen MR) is 60.7 cm³/mol. The smallest absolute Gasteiger partial charge is 0.333 e. The van der Waals surface area contributed by atoms with E-state index in [-0.39, 0.29) is 0 Å². The number of ether oxygens (including phenoxy) is 2. The van der Waals surface area contributed by atoms with Crippen molar-refractivity contribution in [2.75, 3.05) is 20.8 Å². The summed E-state index contributed by atoms with van der Waals surface area (Å²) in [6.45, 7) is 0.427. The second-order valence-corrected chi connectivity index (χ2v) is 4.83. The van der Waals surface area contributed by atoms with Crippen LogP contribution >= 0.6 is 0 Å². The van der Waals surface area contributed by atoms with Crippen LogP contribution < -0.4 is 5.32 Å². The van der Waals surface area contributed by atoms with Crippen molar-refractivity contribution in [3.63, 3.8) is 0 Å².